The second kappa shape index (κ2) is 4.40. The van der Waals surface area contributed by atoms with Crippen molar-refractivity contribution in [1.29, 1.82) is 0 Å². The first kappa shape index (κ1) is 12.0. The molecule has 92 valence electrons. The average Bonchev–Trinajstić information content (AvgIpc) is 2.60. The molecule has 2 rings (SSSR count). The maximum absolute atomic E-state index is 12.0. The van der Waals surface area contributed by atoms with Crippen molar-refractivity contribution in [3.8, 4) is 0 Å². The van der Waals surface area contributed by atoms with Crippen LogP contribution < -0.4 is 0 Å². The summed E-state index contributed by atoms with van der Waals surface area (Å²) in [5, 5.41) is 9.07. The number of carboxylic acid groups (broad SMARTS) is 1. The fraction of sp³-hybridized carbons (Fsp3) is 0.167. The molecule has 0 saturated heterocycles. The third-order valence-corrected chi connectivity index (χ3v) is 2.71. The van der Waals surface area contributed by atoms with Gasteiger partial charge in [0.2, 0.25) is 0 Å². The van der Waals surface area contributed by atoms with E-state index in [2.05, 4.69) is 11.6 Å². The average molecular weight is 246 g/mol. The molecule has 6 heteroatoms. The molecule has 1 unspecified atom stereocenters. The largest absolute Gasteiger partial charge is 0.480 e. The van der Waals surface area contributed by atoms with Crippen molar-refractivity contribution in [1.82, 2.24) is 9.88 Å². The first-order chi connectivity index (χ1) is 8.57. The summed E-state index contributed by atoms with van der Waals surface area (Å²) in [6, 6.07) is 0.178. The van der Waals surface area contributed by atoms with Crippen molar-refractivity contribution in [2.45, 2.75) is 12.5 Å². The maximum Gasteiger partial charge on any atom is 0.327 e. The minimum Gasteiger partial charge on any atom is -0.480 e. The number of aliphatic carboxylic acids is 1. The van der Waals surface area contributed by atoms with Gasteiger partial charge in [0.05, 0.1) is 11.1 Å². The standard InChI is InChI=1S/C12H10N2O4/c1-2-3-9(12(17)18)14-10(15)7-4-5-13-6-8(7)11(14)16/h2,4-6,9H,1,3H2,(H,17,18). The fourth-order valence-corrected chi connectivity index (χ4v) is 1.86. The summed E-state index contributed by atoms with van der Waals surface area (Å²) in [5.41, 5.74) is 0.322. The Bertz CT molecular complexity index is 518. The summed E-state index contributed by atoms with van der Waals surface area (Å²) in [6.07, 6.45) is 4.02. The van der Waals surface area contributed by atoms with Crippen LogP contribution in [-0.2, 0) is 4.79 Å². The lowest BCUT2D eigenvalue weighted by atomic mass is 10.2. The normalized spacial score (nSPS) is 15.4. The van der Waals surface area contributed by atoms with Crippen LogP contribution in [0.3, 0.4) is 0 Å². The Morgan fingerprint density at radius 1 is 1.44 bits per heavy atom. The molecule has 0 saturated carbocycles. The number of imide groups is 1. The van der Waals surface area contributed by atoms with Gasteiger partial charge >= 0.3 is 5.97 Å². The summed E-state index contributed by atoms with van der Waals surface area (Å²) in [7, 11) is 0. The Morgan fingerprint density at radius 2 is 2.11 bits per heavy atom. The minimum absolute atomic E-state index is 0.00817. The van der Waals surface area contributed by atoms with Crippen molar-refractivity contribution in [3.05, 3.63) is 42.2 Å². The van der Waals surface area contributed by atoms with Crippen molar-refractivity contribution < 1.29 is 19.5 Å². The van der Waals surface area contributed by atoms with E-state index in [9.17, 15) is 14.4 Å². The van der Waals surface area contributed by atoms with Crippen LogP contribution in [0.1, 0.15) is 27.1 Å². The van der Waals surface area contributed by atoms with Gasteiger partial charge in [-0.1, -0.05) is 6.08 Å². The fourth-order valence-electron chi connectivity index (χ4n) is 1.86. The number of nitrogens with zero attached hydrogens (tertiary/aromatic N) is 2. The molecule has 1 N–H and O–H groups in total. The Hall–Kier alpha value is -2.50. The second-order valence-electron chi connectivity index (χ2n) is 3.78. The number of hydrogen-bond acceptors (Lipinski definition) is 4. The maximum atomic E-state index is 12.0. The van der Waals surface area contributed by atoms with Gasteiger partial charge in [-0.25, -0.2) is 4.79 Å². The van der Waals surface area contributed by atoms with Crippen LogP contribution in [0.2, 0.25) is 0 Å². The number of amides is 2. The summed E-state index contributed by atoms with van der Waals surface area (Å²) in [4.78, 5) is 39.6. The highest BCUT2D eigenvalue weighted by atomic mass is 16.4. The summed E-state index contributed by atoms with van der Waals surface area (Å²) in [5.74, 6) is -2.47. The molecule has 1 atom stereocenters. The van der Waals surface area contributed by atoms with E-state index in [1.54, 1.807) is 0 Å². The first-order valence-electron chi connectivity index (χ1n) is 5.23. The van der Waals surface area contributed by atoms with E-state index in [0.717, 1.165) is 4.90 Å². The first-order valence-corrected chi connectivity index (χ1v) is 5.23. The molecule has 18 heavy (non-hydrogen) atoms. The molecular formula is C12H10N2O4. The van der Waals surface area contributed by atoms with Crippen LogP contribution in [0.4, 0.5) is 0 Å². The zero-order chi connectivity index (χ0) is 13.3. The number of carbonyl (C=O) groups is 3. The number of hydrogen-bond donors (Lipinski definition) is 1. The summed E-state index contributed by atoms with van der Waals surface area (Å²) < 4.78 is 0. The van der Waals surface area contributed by atoms with Crippen LogP contribution in [0.15, 0.2) is 31.1 Å². The lowest BCUT2D eigenvalue weighted by molar-refractivity contribution is -0.141. The number of pyridine rings is 1. The minimum atomic E-state index is -1.24. The molecule has 0 radical (unpaired) electrons. The predicted octanol–water partition coefficient (Wildman–Crippen LogP) is 0.707. The van der Waals surface area contributed by atoms with E-state index in [0.29, 0.717) is 0 Å². The Labute approximate surface area is 103 Å². The van der Waals surface area contributed by atoms with Gasteiger partial charge in [0.15, 0.2) is 0 Å². The van der Waals surface area contributed by atoms with E-state index in [-0.39, 0.29) is 17.5 Å². The highest BCUT2D eigenvalue weighted by molar-refractivity contribution is 6.22. The highest BCUT2D eigenvalue weighted by Gasteiger charge is 2.42. The van der Waals surface area contributed by atoms with Gasteiger partial charge in [0.25, 0.3) is 11.8 Å². The number of fused-ring (bicyclic) bond motifs is 1. The Kier molecular flexibility index (Phi) is 2.93. The molecule has 0 aromatic carbocycles. The molecule has 0 aliphatic carbocycles. The van der Waals surface area contributed by atoms with Gasteiger partial charge in [-0.2, -0.15) is 0 Å². The van der Waals surface area contributed by atoms with Crippen LogP contribution in [0.5, 0.6) is 0 Å². The van der Waals surface area contributed by atoms with Crippen LogP contribution in [0.25, 0.3) is 0 Å². The van der Waals surface area contributed by atoms with Crippen LogP contribution in [0, 0.1) is 0 Å². The van der Waals surface area contributed by atoms with Gasteiger partial charge in [-0.15, -0.1) is 6.58 Å². The van der Waals surface area contributed by atoms with E-state index in [1.165, 1.54) is 24.5 Å². The predicted molar refractivity (Wildman–Crippen MR) is 61.0 cm³/mol. The van der Waals surface area contributed by atoms with Gasteiger partial charge in [-0.05, 0) is 12.5 Å². The molecule has 1 aliphatic rings. The molecule has 0 spiro atoms. The SMILES string of the molecule is C=CCC(C(=O)O)N1C(=O)c2ccncc2C1=O. The van der Waals surface area contributed by atoms with Crippen molar-refractivity contribution in [2.24, 2.45) is 0 Å². The van der Waals surface area contributed by atoms with Gasteiger partial charge in [-0.3, -0.25) is 19.5 Å². The Balaban J connectivity index is 2.44. The van der Waals surface area contributed by atoms with E-state index in [1.807, 2.05) is 0 Å². The second-order valence-corrected chi connectivity index (χ2v) is 3.78. The summed E-state index contributed by atoms with van der Waals surface area (Å²) in [6.45, 7) is 3.43. The Morgan fingerprint density at radius 3 is 2.67 bits per heavy atom. The number of rotatable bonds is 4. The number of carboxylic acids is 1. The smallest absolute Gasteiger partial charge is 0.327 e. The van der Waals surface area contributed by atoms with E-state index < -0.39 is 23.8 Å². The van der Waals surface area contributed by atoms with Crippen molar-refractivity contribution in [3.63, 3.8) is 0 Å². The lowest BCUT2D eigenvalue weighted by Crippen LogP contribution is -2.44. The lowest BCUT2D eigenvalue weighted by Gasteiger charge is -2.20. The van der Waals surface area contributed by atoms with Crippen LogP contribution in [-0.4, -0.2) is 38.8 Å². The molecule has 2 amide bonds. The third-order valence-electron chi connectivity index (χ3n) is 2.71. The van der Waals surface area contributed by atoms with Crippen LogP contribution >= 0.6 is 0 Å². The zero-order valence-corrected chi connectivity index (χ0v) is 9.37. The molecule has 1 aliphatic heterocycles. The molecular weight excluding hydrogens is 236 g/mol. The topological polar surface area (TPSA) is 87.6 Å². The number of aromatic nitrogens is 1. The summed E-state index contributed by atoms with van der Waals surface area (Å²) >= 11 is 0. The van der Waals surface area contributed by atoms with Gasteiger partial charge in [0, 0.05) is 12.4 Å². The monoisotopic (exact) mass is 246 g/mol. The zero-order valence-electron chi connectivity index (χ0n) is 9.37. The van der Waals surface area contributed by atoms with Gasteiger partial charge < -0.3 is 5.11 Å². The van der Waals surface area contributed by atoms with Gasteiger partial charge in [0.1, 0.15) is 6.04 Å². The molecule has 1 aromatic rings. The third kappa shape index (κ3) is 1.67. The van der Waals surface area contributed by atoms with Crippen molar-refractivity contribution in [2.75, 3.05) is 0 Å². The number of carbonyl (C=O) groups excluding carboxylic acids is 2. The van der Waals surface area contributed by atoms with Crippen molar-refractivity contribution >= 4 is 17.8 Å². The quantitative estimate of drug-likeness (QED) is 0.624. The molecule has 1 aromatic heterocycles. The molecule has 0 fully saturated rings. The van der Waals surface area contributed by atoms with E-state index >= 15 is 0 Å². The highest BCUT2D eigenvalue weighted by Crippen LogP contribution is 2.24. The molecule has 2 heterocycles. The molecule has 0 bridgehead atoms. The molecule has 6 nitrogen and oxygen atoms in total. The van der Waals surface area contributed by atoms with E-state index in [4.69, 9.17) is 5.11 Å².